The molecule has 2 aromatic heterocycles. The van der Waals surface area contributed by atoms with Gasteiger partial charge in [-0.15, -0.1) is 0 Å². The molecule has 1 aliphatic carbocycles. The van der Waals surface area contributed by atoms with Crippen molar-refractivity contribution in [2.24, 2.45) is 0 Å². The molecule has 0 atom stereocenters. The average Bonchev–Trinajstić information content (AvgIpc) is 3.46. The molecule has 0 radical (unpaired) electrons. The molecule has 1 aliphatic rings. The molecule has 1 N–H and O–H groups in total. The molecule has 28 heavy (non-hydrogen) atoms. The summed E-state index contributed by atoms with van der Waals surface area (Å²) in [5.41, 5.74) is 4.07. The van der Waals surface area contributed by atoms with E-state index in [-0.39, 0.29) is 17.6 Å². The molecule has 4 rings (SSSR count). The van der Waals surface area contributed by atoms with E-state index in [9.17, 15) is 9.18 Å². The summed E-state index contributed by atoms with van der Waals surface area (Å²) in [6.45, 7) is 4.51. The van der Waals surface area contributed by atoms with E-state index in [2.05, 4.69) is 10.3 Å². The van der Waals surface area contributed by atoms with Gasteiger partial charge in [0.15, 0.2) is 0 Å². The van der Waals surface area contributed by atoms with E-state index >= 15 is 0 Å². The zero-order chi connectivity index (χ0) is 19.7. The Bertz CT molecular complexity index is 976. The van der Waals surface area contributed by atoms with E-state index in [0.717, 1.165) is 35.5 Å². The molecule has 0 saturated heterocycles. The lowest BCUT2D eigenvalue weighted by molar-refractivity contribution is 0.0948. The van der Waals surface area contributed by atoms with Crippen LogP contribution in [0.2, 0.25) is 0 Å². The fraction of sp³-hybridized carbons (Fsp3) is 0.318. The van der Waals surface area contributed by atoms with Crippen molar-refractivity contribution in [3.8, 4) is 5.69 Å². The Kier molecular flexibility index (Phi) is 4.94. The van der Waals surface area contributed by atoms with Gasteiger partial charge >= 0.3 is 0 Å². The van der Waals surface area contributed by atoms with Crippen LogP contribution in [0.4, 0.5) is 4.39 Å². The number of hydrogen-bond donors (Lipinski definition) is 1. The number of rotatable bonds is 6. The van der Waals surface area contributed by atoms with E-state index in [1.54, 1.807) is 29.2 Å². The van der Waals surface area contributed by atoms with Crippen molar-refractivity contribution in [3.05, 3.63) is 77.1 Å². The van der Waals surface area contributed by atoms with Gasteiger partial charge in [-0.2, -0.15) is 5.10 Å². The third-order valence-electron chi connectivity index (χ3n) is 4.93. The van der Waals surface area contributed by atoms with Crippen molar-refractivity contribution >= 4 is 5.91 Å². The number of amides is 1. The van der Waals surface area contributed by atoms with Crippen molar-refractivity contribution in [3.63, 3.8) is 0 Å². The number of carbonyl (C=O) groups is 1. The number of aromatic nitrogens is 3. The maximum atomic E-state index is 13.4. The van der Waals surface area contributed by atoms with Crippen LogP contribution in [0.1, 0.15) is 65.8 Å². The van der Waals surface area contributed by atoms with Crippen molar-refractivity contribution in [1.82, 2.24) is 20.1 Å². The number of nitrogens with zero attached hydrogens (tertiary/aromatic N) is 3. The largest absolute Gasteiger partial charge is 0.348 e. The van der Waals surface area contributed by atoms with Crippen LogP contribution in [0.5, 0.6) is 0 Å². The molecular weight excluding hydrogens is 355 g/mol. The van der Waals surface area contributed by atoms with Gasteiger partial charge < -0.3 is 5.32 Å². The van der Waals surface area contributed by atoms with E-state index < -0.39 is 0 Å². The van der Waals surface area contributed by atoms with Crippen LogP contribution in [0.25, 0.3) is 5.69 Å². The van der Waals surface area contributed by atoms with E-state index in [4.69, 9.17) is 5.10 Å². The molecule has 1 aromatic carbocycles. The molecule has 2 heterocycles. The third-order valence-corrected chi connectivity index (χ3v) is 4.93. The van der Waals surface area contributed by atoms with Gasteiger partial charge in [0.05, 0.1) is 22.6 Å². The van der Waals surface area contributed by atoms with E-state index in [0.29, 0.717) is 18.0 Å². The van der Waals surface area contributed by atoms with Crippen LogP contribution < -0.4 is 5.32 Å². The Morgan fingerprint density at radius 3 is 2.61 bits per heavy atom. The molecule has 3 aromatic rings. The Hall–Kier alpha value is -3.02. The highest BCUT2D eigenvalue weighted by Gasteiger charge is 2.35. The summed E-state index contributed by atoms with van der Waals surface area (Å²) in [4.78, 5) is 17.2. The zero-order valence-electron chi connectivity index (χ0n) is 16.0. The molecule has 0 bridgehead atoms. The van der Waals surface area contributed by atoms with Gasteiger partial charge in [-0.05, 0) is 54.7 Å². The lowest BCUT2D eigenvalue weighted by atomic mass is 10.0. The maximum Gasteiger partial charge on any atom is 0.255 e. The molecular formula is C22H23FN4O. The van der Waals surface area contributed by atoms with Crippen molar-refractivity contribution in [2.45, 2.75) is 45.1 Å². The minimum atomic E-state index is -0.293. The van der Waals surface area contributed by atoms with Crippen LogP contribution in [0.15, 0.2) is 48.8 Å². The summed E-state index contributed by atoms with van der Waals surface area (Å²) >= 11 is 0. The summed E-state index contributed by atoms with van der Waals surface area (Å²) in [5.74, 6) is -0.00999. The first-order chi connectivity index (χ1) is 13.5. The molecule has 0 spiro atoms. The maximum absolute atomic E-state index is 13.4. The highest BCUT2D eigenvalue weighted by Crippen LogP contribution is 2.43. The fourth-order valence-electron chi connectivity index (χ4n) is 3.41. The topological polar surface area (TPSA) is 59.8 Å². The summed E-state index contributed by atoms with van der Waals surface area (Å²) in [6, 6.07) is 10.0. The van der Waals surface area contributed by atoms with Gasteiger partial charge in [0.1, 0.15) is 5.82 Å². The summed E-state index contributed by atoms with van der Waals surface area (Å²) in [5, 5.41) is 7.81. The lowest BCUT2D eigenvalue weighted by Gasteiger charge is -2.13. The molecule has 1 amide bonds. The molecule has 0 unspecified atom stereocenters. The standard InChI is InChI=1S/C22H23FN4O/c1-14(2)21-19(22(28)25-13-15-4-3-11-24-12-15)20(16-5-6-16)26-27(21)18-9-7-17(23)8-10-18/h3-4,7-12,14,16H,5-6,13H2,1-2H3,(H,25,28). The minimum Gasteiger partial charge on any atom is -0.348 e. The van der Waals surface area contributed by atoms with Gasteiger partial charge in [-0.1, -0.05) is 19.9 Å². The average molecular weight is 378 g/mol. The summed E-state index contributed by atoms with van der Waals surface area (Å²) < 4.78 is 15.2. The van der Waals surface area contributed by atoms with Crippen LogP contribution >= 0.6 is 0 Å². The highest BCUT2D eigenvalue weighted by molar-refractivity contribution is 5.97. The van der Waals surface area contributed by atoms with Crippen molar-refractivity contribution in [2.75, 3.05) is 0 Å². The predicted molar refractivity (Wildman–Crippen MR) is 105 cm³/mol. The smallest absolute Gasteiger partial charge is 0.255 e. The third kappa shape index (κ3) is 3.67. The second-order valence-electron chi connectivity index (χ2n) is 7.51. The van der Waals surface area contributed by atoms with E-state index in [1.807, 2.05) is 26.0 Å². The second kappa shape index (κ2) is 7.54. The first-order valence-corrected chi connectivity index (χ1v) is 9.60. The minimum absolute atomic E-state index is 0.0872. The number of nitrogens with one attached hydrogen (secondary N) is 1. The van der Waals surface area contributed by atoms with Gasteiger partial charge in [-0.25, -0.2) is 9.07 Å². The monoisotopic (exact) mass is 378 g/mol. The Morgan fingerprint density at radius 1 is 1.25 bits per heavy atom. The number of halogens is 1. The number of pyridine rings is 1. The lowest BCUT2D eigenvalue weighted by Crippen LogP contribution is -2.25. The van der Waals surface area contributed by atoms with Gasteiger partial charge in [-0.3, -0.25) is 9.78 Å². The highest BCUT2D eigenvalue weighted by atomic mass is 19.1. The number of hydrogen-bond acceptors (Lipinski definition) is 3. The fourth-order valence-corrected chi connectivity index (χ4v) is 3.41. The Labute approximate surface area is 163 Å². The summed E-state index contributed by atoms with van der Waals surface area (Å²) in [6.07, 6.45) is 5.54. The Morgan fingerprint density at radius 2 is 2.00 bits per heavy atom. The van der Waals surface area contributed by atoms with Crippen LogP contribution in [-0.4, -0.2) is 20.7 Å². The molecule has 5 nitrogen and oxygen atoms in total. The van der Waals surface area contributed by atoms with Gasteiger partial charge in [0, 0.05) is 24.9 Å². The van der Waals surface area contributed by atoms with Crippen LogP contribution in [0, 0.1) is 5.82 Å². The number of benzene rings is 1. The van der Waals surface area contributed by atoms with Gasteiger partial charge in [0.2, 0.25) is 0 Å². The van der Waals surface area contributed by atoms with Crippen LogP contribution in [0.3, 0.4) is 0 Å². The SMILES string of the molecule is CC(C)c1c(C(=O)NCc2cccnc2)c(C2CC2)nn1-c1ccc(F)cc1. The first-order valence-electron chi connectivity index (χ1n) is 9.60. The normalized spacial score (nSPS) is 13.7. The molecule has 144 valence electrons. The first kappa shape index (κ1) is 18.3. The van der Waals surface area contributed by atoms with E-state index in [1.165, 1.54) is 12.1 Å². The van der Waals surface area contributed by atoms with Crippen LogP contribution in [-0.2, 0) is 6.54 Å². The van der Waals surface area contributed by atoms with Crippen molar-refractivity contribution in [1.29, 1.82) is 0 Å². The predicted octanol–water partition coefficient (Wildman–Crippen LogP) is 4.34. The molecule has 6 heteroatoms. The second-order valence-corrected chi connectivity index (χ2v) is 7.51. The molecule has 1 saturated carbocycles. The molecule has 1 fully saturated rings. The van der Waals surface area contributed by atoms with Gasteiger partial charge in [0.25, 0.3) is 5.91 Å². The quantitative estimate of drug-likeness (QED) is 0.694. The zero-order valence-corrected chi connectivity index (χ0v) is 16.0. The Balaban J connectivity index is 1.72. The molecule has 0 aliphatic heterocycles. The summed E-state index contributed by atoms with van der Waals surface area (Å²) in [7, 11) is 0. The van der Waals surface area contributed by atoms with Crippen molar-refractivity contribution < 1.29 is 9.18 Å². The number of carbonyl (C=O) groups excluding carboxylic acids is 1.